The summed E-state index contributed by atoms with van der Waals surface area (Å²) in [5, 5.41) is 4.98. The molecule has 1 aliphatic heterocycles. The molecule has 1 aromatic heterocycles. The van der Waals surface area contributed by atoms with Crippen molar-refractivity contribution in [2.75, 3.05) is 13.1 Å². The van der Waals surface area contributed by atoms with E-state index in [9.17, 15) is 13.2 Å². The highest BCUT2D eigenvalue weighted by atomic mass is 19.4. The maximum atomic E-state index is 13.3. The van der Waals surface area contributed by atoms with Gasteiger partial charge in [-0.25, -0.2) is 4.98 Å². The molecule has 0 amide bonds. The summed E-state index contributed by atoms with van der Waals surface area (Å²) in [5.74, 6) is -2.26. The van der Waals surface area contributed by atoms with Gasteiger partial charge in [-0.05, 0) is 12.1 Å². The molecule has 0 aliphatic carbocycles. The zero-order valence-corrected chi connectivity index (χ0v) is 9.33. The normalized spacial score (nSPS) is 19.5. The summed E-state index contributed by atoms with van der Waals surface area (Å²) in [4.78, 5) is 4.00. The molecule has 7 heteroatoms. The monoisotopic (exact) mass is 256 g/mol. The number of hydrogen-bond donors (Lipinski definition) is 2. The summed E-state index contributed by atoms with van der Waals surface area (Å²) in [5.41, 5.74) is 0.980. The van der Waals surface area contributed by atoms with Crippen molar-refractivity contribution >= 4 is 11.0 Å². The number of nitrogens with zero attached hydrogens (tertiary/aromatic N) is 2. The third kappa shape index (κ3) is 1.44. The minimum atomic E-state index is -4.45. The van der Waals surface area contributed by atoms with Crippen molar-refractivity contribution in [3.8, 4) is 0 Å². The zero-order chi connectivity index (χ0) is 12.8. The van der Waals surface area contributed by atoms with E-state index in [0.717, 1.165) is 4.57 Å². The lowest BCUT2D eigenvalue weighted by Gasteiger charge is -2.33. The lowest BCUT2D eigenvalue weighted by molar-refractivity contribution is -0.228. The molecular formula is C11H11F3N4. The molecule has 0 atom stereocenters. The number of imidazole rings is 1. The highest BCUT2D eigenvalue weighted by molar-refractivity contribution is 5.75. The minimum absolute atomic E-state index is 0.256. The molecule has 1 saturated heterocycles. The topological polar surface area (TPSA) is 41.9 Å². The number of aromatic nitrogens is 2. The Hall–Kier alpha value is -1.60. The number of rotatable bonds is 1. The SMILES string of the molecule is FC(F)(F)C1(n2cnc3ccccc32)NCCN1. The van der Waals surface area contributed by atoms with Gasteiger partial charge in [-0.2, -0.15) is 13.2 Å². The molecule has 1 aliphatic rings. The summed E-state index contributed by atoms with van der Waals surface area (Å²) >= 11 is 0. The van der Waals surface area contributed by atoms with Crippen molar-refractivity contribution in [1.82, 2.24) is 20.2 Å². The van der Waals surface area contributed by atoms with E-state index in [1.807, 2.05) is 0 Å². The van der Waals surface area contributed by atoms with Crippen molar-refractivity contribution in [2.45, 2.75) is 12.0 Å². The standard InChI is InChI=1S/C11H11F3N4/c12-10(13,14)11(16-5-6-17-11)18-7-15-8-3-1-2-4-9(8)18/h1-4,7,16-17H,5-6H2. The molecule has 96 valence electrons. The number of benzene rings is 1. The van der Waals surface area contributed by atoms with Crippen LogP contribution in [-0.4, -0.2) is 28.8 Å². The Balaban J connectivity index is 2.22. The minimum Gasteiger partial charge on any atom is -0.291 e. The average molecular weight is 256 g/mol. The lowest BCUT2D eigenvalue weighted by atomic mass is 10.2. The second-order valence-electron chi connectivity index (χ2n) is 4.17. The smallest absolute Gasteiger partial charge is 0.291 e. The van der Waals surface area contributed by atoms with Crippen LogP contribution < -0.4 is 10.6 Å². The van der Waals surface area contributed by atoms with Gasteiger partial charge in [0.1, 0.15) is 0 Å². The molecule has 0 unspecified atom stereocenters. The Morgan fingerprint density at radius 1 is 1.17 bits per heavy atom. The van der Waals surface area contributed by atoms with Crippen LogP contribution in [0.4, 0.5) is 13.2 Å². The third-order valence-electron chi connectivity index (χ3n) is 3.11. The largest absolute Gasteiger partial charge is 0.440 e. The second kappa shape index (κ2) is 3.69. The molecule has 2 aromatic rings. The lowest BCUT2D eigenvalue weighted by Crippen LogP contribution is -2.61. The van der Waals surface area contributed by atoms with Crippen molar-refractivity contribution in [3.05, 3.63) is 30.6 Å². The fraction of sp³-hybridized carbons (Fsp3) is 0.364. The van der Waals surface area contributed by atoms with E-state index in [2.05, 4.69) is 15.6 Å². The molecule has 4 nitrogen and oxygen atoms in total. The first-order valence-corrected chi connectivity index (χ1v) is 5.54. The van der Waals surface area contributed by atoms with Crippen LogP contribution in [0.5, 0.6) is 0 Å². The van der Waals surface area contributed by atoms with Crippen LogP contribution in [0.3, 0.4) is 0 Å². The summed E-state index contributed by atoms with van der Waals surface area (Å²) in [6.45, 7) is 0.512. The van der Waals surface area contributed by atoms with Gasteiger partial charge in [0, 0.05) is 13.1 Å². The van der Waals surface area contributed by atoms with Crippen LogP contribution in [0.1, 0.15) is 0 Å². The van der Waals surface area contributed by atoms with E-state index < -0.39 is 12.0 Å². The molecule has 0 saturated carbocycles. The Morgan fingerprint density at radius 2 is 1.83 bits per heavy atom. The molecule has 2 heterocycles. The molecule has 1 aromatic carbocycles. The van der Waals surface area contributed by atoms with Gasteiger partial charge < -0.3 is 0 Å². The number of hydrogen-bond acceptors (Lipinski definition) is 3. The van der Waals surface area contributed by atoms with Gasteiger partial charge >= 0.3 is 6.18 Å². The Labute approximate surface area is 101 Å². The molecule has 0 bridgehead atoms. The quantitative estimate of drug-likeness (QED) is 0.810. The fourth-order valence-electron chi connectivity index (χ4n) is 2.28. The van der Waals surface area contributed by atoms with Gasteiger partial charge in [0.15, 0.2) is 0 Å². The molecular weight excluding hydrogens is 245 g/mol. The van der Waals surface area contributed by atoms with Gasteiger partial charge in [0.05, 0.1) is 17.4 Å². The van der Waals surface area contributed by atoms with E-state index in [1.165, 1.54) is 6.33 Å². The summed E-state index contributed by atoms with van der Waals surface area (Å²) in [7, 11) is 0. The summed E-state index contributed by atoms with van der Waals surface area (Å²) < 4.78 is 41.1. The van der Waals surface area contributed by atoms with Crippen LogP contribution >= 0.6 is 0 Å². The highest BCUT2D eigenvalue weighted by Gasteiger charge is 2.58. The number of nitrogens with one attached hydrogen (secondary N) is 2. The van der Waals surface area contributed by atoms with Crippen molar-refractivity contribution < 1.29 is 13.2 Å². The molecule has 0 radical (unpaired) electrons. The van der Waals surface area contributed by atoms with Crippen molar-refractivity contribution in [1.29, 1.82) is 0 Å². The maximum Gasteiger partial charge on any atom is 0.440 e. The number of fused-ring (bicyclic) bond motifs is 1. The molecule has 3 rings (SSSR count). The molecule has 0 spiro atoms. The highest BCUT2D eigenvalue weighted by Crippen LogP contribution is 2.35. The van der Waals surface area contributed by atoms with E-state index in [0.29, 0.717) is 11.0 Å². The van der Waals surface area contributed by atoms with Crippen LogP contribution in [0, 0.1) is 0 Å². The van der Waals surface area contributed by atoms with E-state index in [4.69, 9.17) is 0 Å². The number of para-hydroxylation sites is 2. The van der Waals surface area contributed by atoms with Crippen LogP contribution in [0.25, 0.3) is 11.0 Å². The van der Waals surface area contributed by atoms with Crippen molar-refractivity contribution in [2.24, 2.45) is 0 Å². The van der Waals surface area contributed by atoms with E-state index >= 15 is 0 Å². The number of alkyl halides is 3. The Morgan fingerprint density at radius 3 is 2.50 bits per heavy atom. The average Bonchev–Trinajstić information content (AvgIpc) is 2.94. The van der Waals surface area contributed by atoms with Crippen LogP contribution in [0.2, 0.25) is 0 Å². The van der Waals surface area contributed by atoms with Gasteiger partial charge in [-0.3, -0.25) is 15.2 Å². The first-order chi connectivity index (χ1) is 8.55. The van der Waals surface area contributed by atoms with Gasteiger partial charge in [-0.15, -0.1) is 0 Å². The summed E-state index contributed by atoms with van der Waals surface area (Å²) in [6.07, 6.45) is -3.24. The van der Waals surface area contributed by atoms with Crippen LogP contribution in [-0.2, 0) is 5.79 Å². The first-order valence-electron chi connectivity index (χ1n) is 5.54. The molecule has 2 N–H and O–H groups in total. The Kier molecular flexibility index (Phi) is 2.36. The number of halogens is 3. The predicted molar refractivity (Wildman–Crippen MR) is 59.8 cm³/mol. The van der Waals surface area contributed by atoms with Gasteiger partial charge in [-0.1, -0.05) is 12.1 Å². The van der Waals surface area contributed by atoms with E-state index in [1.54, 1.807) is 24.3 Å². The third-order valence-corrected chi connectivity index (χ3v) is 3.11. The van der Waals surface area contributed by atoms with Crippen molar-refractivity contribution in [3.63, 3.8) is 0 Å². The summed E-state index contributed by atoms with van der Waals surface area (Å²) in [6, 6.07) is 6.75. The maximum absolute atomic E-state index is 13.3. The predicted octanol–water partition coefficient (Wildman–Crippen LogP) is 1.40. The van der Waals surface area contributed by atoms with Gasteiger partial charge in [0.2, 0.25) is 0 Å². The molecule has 1 fully saturated rings. The fourth-order valence-corrected chi connectivity index (χ4v) is 2.28. The first kappa shape index (κ1) is 11.5. The van der Waals surface area contributed by atoms with E-state index in [-0.39, 0.29) is 13.1 Å². The van der Waals surface area contributed by atoms with Gasteiger partial charge in [0.25, 0.3) is 5.79 Å². The van der Waals surface area contributed by atoms with Crippen LogP contribution in [0.15, 0.2) is 30.6 Å². The zero-order valence-electron chi connectivity index (χ0n) is 9.33. The second-order valence-corrected chi connectivity index (χ2v) is 4.17. The Bertz CT molecular complexity index is 569. The molecule has 18 heavy (non-hydrogen) atoms.